The van der Waals surface area contributed by atoms with Crippen molar-refractivity contribution >= 4 is 16.9 Å². The molecule has 1 N–H and O–H groups in total. The average molecular weight is 409 g/mol. The molecular formula is C20H16FN5O4. The highest BCUT2D eigenvalue weighted by molar-refractivity contribution is 6.00. The predicted octanol–water partition coefficient (Wildman–Crippen LogP) is 2.12. The van der Waals surface area contributed by atoms with Crippen LogP contribution in [-0.2, 0) is 0 Å². The zero-order valence-electron chi connectivity index (χ0n) is 16.0. The van der Waals surface area contributed by atoms with Gasteiger partial charge >= 0.3 is 0 Å². The molecule has 4 aromatic rings. The second-order valence-corrected chi connectivity index (χ2v) is 6.20. The van der Waals surface area contributed by atoms with Gasteiger partial charge < -0.3 is 9.47 Å². The molecule has 0 radical (unpaired) electrons. The minimum absolute atomic E-state index is 0.189. The molecule has 2 heterocycles. The first-order valence-corrected chi connectivity index (χ1v) is 8.76. The molecule has 0 saturated heterocycles. The molecule has 9 nitrogen and oxygen atoms in total. The molecule has 0 spiro atoms. The van der Waals surface area contributed by atoms with Gasteiger partial charge in [-0.15, -0.1) is 0 Å². The lowest BCUT2D eigenvalue weighted by atomic mass is 10.2. The molecule has 10 heteroatoms. The van der Waals surface area contributed by atoms with Crippen LogP contribution in [0.5, 0.6) is 11.5 Å². The number of amides is 1. The zero-order valence-corrected chi connectivity index (χ0v) is 16.0. The number of carbonyl (C=O) groups is 1. The van der Waals surface area contributed by atoms with E-state index in [2.05, 4.69) is 15.5 Å². The van der Waals surface area contributed by atoms with Gasteiger partial charge in [0.15, 0.2) is 17.1 Å². The van der Waals surface area contributed by atoms with Crippen molar-refractivity contribution in [1.29, 1.82) is 0 Å². The highest BCUT2D eigenvalue weighted by Crippen LogP contribution is 2.27. The van der Waals surface area contributed by atoms with Gasteiger partial charge in [-0.2, -0.15) is 5.10 Å². The van der Waals surface area contributed by atoms with E-state index in [1.54, 1.807) is 12.1 Å². The molecule has 0 fully saturated rings. The van der Waals surface area contributed by atoms with E-state index in [4.69, 9.17) is 9.47 Å². The highest BCUT2D eigenvalue weighted by atomic mass is 19.1. The van der Waals surface area contributed by atoms with Gasteiger partial charge in [0.05, 0.1) is 26.1 Å². The fourth-order valence-corrected chi connectivity index (χ4v) is 2.91. The SMILES string of the molecule is COc1ccc(C(=O)Nn2cnc3c(cnn3-c3ccc(F)cc3)c2=O)cc1OC. The average Bonchev–Trinajstić information content (AvgIpc) is 3.20. The largest absolute Gasteiger partial charge is 0.493 e. The first-order valence-electron chi connectivity index (χ1n) is 8.76. The van der Waals surface area contributed by atoms with E-state index in [9.17, 15) is 14.0 Å². The van der Waals surface area contributed by atoms with Gasteiger partial charge in [0.2, 0.25) is 0 Å². The molecule has 1 amide bonds. The Bertz CT molecular complexity index is 1300. The Morgan fingerprint density at radius 2 is 1.80 bits per heavy atom. The van der Waals surface area contributed by atoms with Crippen molar-refractivity contribution in [3.8, 4) is 17.2 Å². The third-order valence-electron chi connectivity index (χ3n) is 4.43. The first kappa shape index (κ1) is 19.1. The van der Waals surface area contributed by atoms with E-state index < -0.39 is 11.5 Å². The summed E-state index contributed by atoms with van der Waals surface area (Å²) in [5.74, 6) is -0.0670. The zero-order chi connectivity index (χ0) is 21.3. The van der Waals surface area contributed by atoms with Crippen LogP contribution in [-0.4, -0.2) is 39.6 Å². The number of hydrogen-bond donors (Lipinski definition) is 1. The summed E-state index contributed by atoms with van der Waals surface area (Å²) in [4.78, 5) is 29.6. The van der Waals surface area contributed by atoms with Crippen LogP contribution in [0.4, 0.5) is 4.39 Å². The number of benzene rings is 2. The fourth-order valence-electron chi connectivity index (χ4n) is 2.91. The topological polar surface area (TPSA) is 100 Å². The molecule has 0 aliphatic carbocycles. The van der Waals surface area contributed by atoms with E-state index >= 15 is 0 Å². The number of aromatic nitrogens is 4. The van der Waals surface area contributed by atoms with Crippen molar-refractivity contribution in [2.24, 2.45) is 0 Å². The first-order chi connectivity index (χ1) is 14.5. The summed E-state index contributed by atoms with van der Waals surface area (Å²) in [6, 6.07) is 10.2. The number of rotatable bonds is 5. The van der Waals surface area contributed by atoms with Crippen LogP contribution in [0.15, 0.2) is 59.8 Å². The molecule has 0 bridgehead atoms. The number of hydrogen-bond acceptors (Lipinski definition) is 6. The van der Waals surface area contributed by atoms with Crippen LogP contribution in [0.25, 0.3) is 16.7 Å². The lowest BCUT2D eigenvalue weighted by molar-refractivity contribution is 0.101. The minimum Gasteiger partial charge on any atom is -0.493 e. The maximum Gasteiger partial charge on any atom is 0.283 e. The van der Waals surface area contributed by atoms with Gasteiger partial charge in [-0.25, -0.2) is 18.7 Å². The summed E-state index contributed by atoms with van der Waals surface area (Å²) < 4.78 is 25.9. The van der Waals surface area contributed by atoms with E-state index in [-0.39, 0.29) is 22.4 Å². The van der Waals surface area contributed by atoms with Gasteiger partial charge in [0.1, 0.15) is 17.5 Å². The van der Waals surface area contributed by atoms with Gasteiger partial charge in [0.25, 0.3) is 11.5 Å². The smallest absolute Gasteiger partial charge is 0.283 e. The maximum absolute atomic E-state index is 13.2. The minimum atomic E-state index is -0.537. The molecule has 152 valence electrons. The lowest BCUT2D eigenvalue weighted by Crippen LogP contribution is -2.33. The summed E-state index contributed by atoms with van der Waals surface area (Å²) in [6.07, 6.45) is 2.53. The van der Waals surface area contributed by atoms with Crippen molar-refractivity contribution in [3.05, 3.63) is 76.7 Å². The number of halogens is 1. The third-order valence-corrected chi connectivity index (χ3v) is 4.43. The van der Waals surface area contributed by atoms with Crippen LogP contribution in [0.1, 0.15) is 10.4 Å². The van der Waals surface area contributed by atoms with Crippen molar-refractivity contribution < 1.29 is 18.7 Å². The molecule has 0 atom stereocenters. The fraction of sp³-hybridized carbons (Fsp3) is 0.100. The number of methoxy groups -OCH3 is 2. The van der Waals surface area contributed by atoms with Crippen LogP contribution in [0.2, 0.25) is 0 Å². The van der Waals surface area contributed by atoms with E-state index in [0.717, 1.165) is 4.68 Å². The predicted molar refractivity (Wildman–Crippen MR) is 106 cm³/mol. The van der Waals surface area contributed by atoms with Crippen molar-refractivity contribution in [2.75, 3.05) is 19.6 Å². The Morgan fingerprint density at radius 1 is 1.07 bits per heavy atom. The highest BCUT2D eigenvalue weighted by Gasteiger charge is 2.15. The Kier molecular flexibility index (Phi) is 4.88. The molecular weight excluding hydrogens is 393 g/mol. The number of carbonyl (C=O) groups excluding carboxylic acids is 1. The van der Waals surface area contributed by atoms with Gasteiger partial charge in [-0.1, -0.05) is 0 Å². The second kappa shape index (κ2) is 7.66. The Balaban J connectivity index is 1.66. The standard InChI is InChI=1S/C20H16FN5O4/c1-29-16-8-3-12(9-17(16)30-2)19(27)24-25-11-22-18-15(20(25)28)10-23-26(18)14-6-4-13(21)5-7-14/h3-11H,1-2H3,(H,24,27). The van der Waals surface area contributed by atoms with Crippen LogP contribution in [0.3, 0.4) is 0 Å². The van der Waals surface area contributed by atoms with E-state index in [1.807, 2.05) is 0 Å². The van der Waals surface area contributed by atoms with Crippen molar-refractivity contribution in [2.45, 2.75) is 0 Å². The summed E-state index contributed by atoms with van der Waals surface area (Å²) >= 11 is 0. The molecule has 4 rings (SSSR count). The Morgan fingerprint density at radius 3 is 2.50 bits per heavy atom. The summed E-state index contributed by atoms with van der Waals surface area (Å²) in [5.41, 5.74) is 3.06. The number of ether oxygens (including phenoxy) is 2. The molecule has 0 saturated carbocycles. The monoisotopic (exact) mass is 409 g/mol. The maximum atomic E-state index is 13.2. The summed E-state index contributed by atoms with van der Waals surface area (Å²) in [6.45, 7) is 0. The van der Waals surface area contributed by atoms with Gasteiger partial charge in [-0.05, 0) is 42.5 Å². The Hall–Kier alpha value is -4.21. The van der Waals surface area contributed by atoms with E-state index in [0.29, 0.717) is 17.2 Å². The number of nitrogens with zero attached hydrogens (tertiary/aromatic N) is 4. The van der Waals surface area contributed by atoms with Crippen LogP contribution >= 0.6 is 0 Å². The van der Waals surface area contributed by atoms with Crippen molar-refractivity contribution in [1.82, 2.24) is 19.4 Å². The molecule has 0 aliphatic heterocycles. The molecule has 0 unspecified atom stereocenters. The van der Waals surface area contributed by atoms with Crippen molar-refractivity contribution in [3.63, 3.8) is 0 Å². The lowest BCUT2D eigenvalue weighted by Gasteiger charge is -2.11. The van der Waals surface area contributed by atoms with Gasteiger partial charge in [0, 0.05) is 5.56 Å². The summed E-state index contributed by atoms with van der Waals surface area (Å²) in [7, 11) is 2.95. The van der Waals surface area contributed by atoms with Crippen LogP contribution in [0, 0.1) is 5.82 Å². The second-order valence-electron chi connectivity index (χ2n) is 6.20. The molecule has 2 aromatic carbocycles. The van der Waals surface area contributed by atoms with Crippen LogP contribution < -0.4 is 20.5 Å². The Labute approximate surface area is 169 Å². The number of nitrogens with one attached hydrogen (secondary N) is 1. The molecule has 0 aliphatic rings. The normalized spacial score (nSPS) is 10.8. The molecule has 30 heavy (non-hydrogen) atoms. The summed E-state index contributed by atoms with van der Waals surface area (Å²) in [5, 5.41) is 4.34. The number of fused-ring (bicyclic) bond motifs is 1. The van der Waals surface area contributed by atoms with E-state index in [1.165, 1.54) is 61.8 Å². The third kappa shape index (κ3) is 3.34. The molecule has 2 aromatic heterocycles. The van der Waals surface area contributed by atoms with Gasteiger partial charge in [-0.3, -0.25) is 15.0 Å². The quantitative estimate of drug-likeness (QED) is 0.542.